The monoisotopic (exact) mass is 790 g/mol. The summed E-state index contributed by atoms with van der Waals surface area (Å²) in [4.78, 5) is 18.8. The van der Waals surface area contributed by atoms with Crippen molar-refractivity contribution in [1.82, 2.24) is 0 Å². The highest BCUT2D eigenvalue weighted by molar-refractivity contribution is 7.61. The number of hydrogen-bond donors (Lipinski definition) is 2. The summed E-state index contributed by atoms with van der Waals surface area (Å²) in [6.45, 7) is 19.9. The van der Waals surface area contributed by atoms with Gasteiger partial charge in [0.2, 0.25) is 0 Å². The summed E-state index contributed by atoms with van der Waals surface area (Å²) < 4.78 is 39.8. The molecule has 2 N–H and O–H groups in total. The van der Waals surface area contributed by atoms with E-state index in [0.717, 1.165) is 75.4 Å². The van der Waals surface area contributed by atoms with Crippen LogP contribution in [0.5, 0.6) is 0 Å². The van der Waals surface area contributed by atoms with E-state index in [-0.39, 0.29) is 10.1 Å². The third-order valence-corrected chi connectivity index (χ3v) is 11.5. The maximum Gasteiger partial charge on any atom is 0.484 e. The van der Waals surface area contributed by atoms with E-state index in [2.05, 4.69) is 96.2 Å². The Balaban J connectivity index is 5.05. The van der Waals surface area contributed by atoms with Crippen molar-refractivity contribution < 1.29 is 32.3 Å². The second kappa shape index (κ2) is 27.4. The van der Waals surface area contributed by atoms with Crippen molar-refractivity contribution in [1.29, 1.82) is 0 Å². The third-order valence-electron chi connectivity index (χ3n) is 8.10. The van der Waals surface area contributed by atoms with E-state index < -0.39 is 28.9 Å². The van der Waals surface area contributed by atoms with Crippen molar-refractivity contribution >= 4 is 38.8 Å². The zero-order valence-corrected chi connectivity index (χ0v) is 36.3. The van der Waals surface area contributed by atoms with E-state index in [1.165, 1.54) is 33.4 Å². The van der Waals surface area contributed by atoms with Crippen molar-refractivity contribution in [3.8, 4) is 0 Å². The summed E-state index contributed by atoms with van der Waals surface area (Å²) in [5.74, 6) is 0. The average Bonchev–Trinajstić information content (AvgIpc) is 3.01. The molecule has 0 spiro atoms. The quantitative estimate of drug-likeness (QED) is 0.0664. The van der Waals surface area contributed by atoms with Gasteiger partial charge in [-0.3, -0.25) is 9.05 Å². The van der Waals surface area contributed by atoms with Gasteiger partial charge in [0.25, 0.3) is 0 Å². The standard InChI is InChI=1S/C40H66Cl2O7P2/c1-31(2)17-11-19-33(5)21-13-23-35(7)25-15-27-37(9)39(41)29-47-51(46,49-50(43,44)45)48-30-40(42)38(10)28-16-26-36(8)24-14-22-34(6)20-12-18-32(3)4/h17-18,21-22,25-26H,11-16,19-20,23-24,27-30H2,1-10H3,(H2,43,44,45)/b33-21+,34-22+,35-25+,36-26+,39-37-,40-38-. The molecule has 0 saturated heterocycles. The molecule has 0 saturated carbocycles. The first-order valence-electron chi connectivity index (χ1n) is 18.0. The molecule has 7 nitrogen and oxygen atoms in total. The van der Waals surface area contributed by atoms with Crippen LogP contribution in [0.1, 0.15) is 146 Å². The van der Waals surface area contributed by atoms with Crippen LogP contribution in [0.4, 0.5) is 0 Å². The molecule has 0 fully saturated rings. The molecule has 292 valence electrons. The van der Waals surface area contributed by atoms with E-state index in [1.807, 2.05) is 13.8 Å². The maximum atomic E-state index is 13.2. The molecule has 0 aliphatic carbocycles. The van der Waals surface area contributed by atoms with E-state index >= 15 is 0 Å². The van der Waals surface area contributed by atoms with Gasteiger partial charge in [0.15, 0.2) is 0 Å². The van der Waals surface area contributed by atoms with Crippen LogP contribution in [0.25, 0.3) is 0 Å². The topological polar surface area (TPSA) is 102 Å². The lowest BCUT2D eigenvalue weighted by Crippen LogP contribution is -2.04. The average molecular weight is 792 g/mol. The van der Waals surface area contributed by atoms with Crippen LogP contribution >= 0.6 is 38.8 Å². The summed E-state index contributed by atoms with van der Waals surface area (Å²) in [5.41, 5.74) is 9.65. The predicted octanol–water partition coefficient (Wildman–Crippen LogP) is 14.7. The summed E-state index contributed by atoms with van der Waals surface area (Å²) in [6.07, 6.45) is 24.5. The predicted molar refractivity (Wildman–Crippen MR) is 219 cm³/mol. The highest BCUT2D eigenvalue weighted by Gasteiger charge is 2.36. The molecular weight excluding hydrogens is 725 g/mol. The number of phosphoric acid groups is 2. The van der Waals surface area contributed by atoms with E-state index in [9.17, 15) is 18.9 Å². The molecule has 0 rings (SSSR count). The van der Waals surface area contributed by atoms with Crippen LogP contribution in [0.15, 0.2) is 91.1 Å². The Bertz CT molecular complexity index is 1330. The largest absolute Gasteiger partial charge is 0.484 e. The van der Waals surface area contributed by atoms with Gasteiger partial charge in [-0.2, -0.15) is 4.31 Å². The molecular formula is C40H66Cl2O7P2. The molecule has 0 aromatic heterocycles. The van der Waals surface area contributed by atoms with Gasteiger partial charge in [0.1, 0.15) is 0 Å². The summed E-state index contributed by atoms with van der Waals surface area (Å²) in [6, 6.07) is 0. The number of allylic oxidation sites excluding steroid dienone is 14. The number of phosphoric ester groups is 1. The molecule has 0 aliphatic rings. The Kier molecular flexibility index (Phi) is 26.7. The van der Waals surface area contributed by atoms with Crippen molar-refractivity contribution in [3.63, 3.8) is 0 Å². The van der Waals surface area contributed by atoms with Gasteiger partial charge in [0.05, 0.1) is 13.2 Å². The number of halogens is 2. The Morgan fingerprint density at radius 1 is 0.490 bits per heavy atom. The molecule has 0 aromatic rings. The molecule has 0 bridgehead atoms. The fraction of sp³-hybridized carbons (Fsp3) is 0.600. The minimum absolute atomic E-state index is 0.253. The Hall–Kier alpha value is -1.24. The smallest absolute Gasteiger partial charge is 0.302 e. The lowest BCUT2D eigenvalue weighted by molar-refractivity contribution is 0.158. The second-order valence-electron chi connectivity index (χ2n) is 13.9. The minimum Gasteiger partial charge on any atom is -0.302 e. The fourth-order valence-corrected chi connectivity index (χ4v) is 7.27. The normalized spacial score (nSPS) is 15.6. The molecule has 0 heterocycles. The fourth-order valence-electron chi connectivity index (χ4n) is 4.75. The van der Waals surface area contributed by atoms with E-state index in [1.54, 1.807) is 0 Å². The molecule has 0 unspecified atom stereocenters. The number of hydrogen-bond acceptors (Lipinski definition) is 5. The van der Waals surface area contributed by atoms with Gasteiger partial charge in [-0.1, -0.05) is 104 Å². The van der Waals surface area contributed by atoms with Crippen LogP contribution in [-0.4, -0.2) is 23.0 Å². The summed E-state index contributed by atoms with van der Waals surface area (Å²) in [7, 11) is -9.94. The molecule has 0 atom stereocenters. The Morgan fingerprint density at radius 2 is 0.765 bits per heavy atom. The highest BCUT2D eigenvalue weighted by atomic mass is 35.5. The molecule has 0 aliphatic heterocycles. The van der Waals surface area contributed by atoms with Gasteiger partial charge >= 0.3 is 15.6 Å². The first kappa shape index (κ1) is 49.8. The highest BCUT2D eigenvalue weighted by Crippen LogP contribution is 2.61. The Morgan fingerprint density at radius 3 is 1.04 bits per heavy atom. The van der Waals surface area contributed by atoms with Crippen molar-refractivity contribution in [2.45, 2.75) is 146 Å². The first-order valence-corrected chi connectivity index (χ1v) is 21.7. The SMILES string of the molecule is CC(C)=CCC/C(C)=C/CC/C(C)=C/CC/C(C)=C(\Cl)COP(=O)(OC/C(Cl)=C(\C)CC/C=C(\C)CC/C=C(\C)CCC=C(C)C)OP(=O)(O)O. The van der Waals surface area contributed by atoms with Crippen LogP contribution in [0, 0.1) is 0 Å². The molecule has 11 heteroatoms. The van der Waals surface area contributed by atoms with Gasteiger partial charge in [-0.05, 0) is 146 Å². The minimum atomic E-state index is -5.22. The van der Waals surface area contributed by atoms with Crippen molar-refractivity contribution in [2.24, 2.45) is 0 Å². The molecule has 0 aromatic carbocycles. The van der Waals surface area contributed by atoms with Crippen LogP contribution < -0.4 is 0 Å². The molecule has 51 heavy (non-hydrogen) atoms. The van der Waals surface area contributed by atoms with Crippen LogP contribution in [0.3, 0.4) is 0 Å². The van der Waals surface area contributed by atoms with Crippen molar-refractivity contribution in [3.05, 3.63) is 91.1 Å². The van der Waals surface area contributed by atoms with Crippen molar-refractivity contribution in [2.75, 3.05) is 13.2 Å². The van der Waals surface area contributed by atoms with Gasteiger partial charge in [-0.25, -0.2) is 9.13 Å². The zero-order chi connectivity index (χ0) is 39.0. The Labute approximate surface area is 320 Å². The van der Waals surface area contributed by atoms with Crippen LogP contribution in [-0.2, 0) is 22.5 Å². The third kappa shape index (κ3) is 28.9. The van der Waals surface area contributed by atoms with Crippen LogP contribution in [0.2, 0.25) is 0 Å². The zero-order valence-electron chi connectivity index (χ0n) is 32.9. The first-order chi connectivity index (χ1) is 23.7. The lowest BCUT2D eigenvalue weighted by Gasteiger charge is -2.19. The van der Waals surface area contributed by atoms with Gasteiger partial charge in [-0.15, -0.1) is 0 Å². The second-order valence-corrected chi connectivity index (χ2v) is 17.9. The summed E-state index contributed by atoms with van der Waals surface area (Å²) >= 11 is 12.9. The molecule has 0 radical (unpaired) electrons. The number of rotatable bonds is 26. The van der Waals surface area contributed by atoms with E-state index in [0.29, 0.717) is 12.8 Å². The van der Waals surface area contributed by atoms with E-state index in [4.69, 9.17) is 32.2 Å². The van der Waals surface area contributed by atoms with Gasteiger partial charge < -0.3 is 9.79 Å². The lowest BCUT2D eigenvalue weighted by atomic mass is 10.0. The maximum absolute atomic E-state index is 13.2. The van der Waals surface area contributed by atoms with Gasteiger partial charge in [0, 0.05) is 10.1 Å². The molecule has 0 amide bonds. The summed E-state index contributed by atoms with van der Waals surface area (Å²) in [5, 5.41) is 0.506.